The molecular weight excluding hydrogens is 248 g/mol. The van der Waals surface area contributed by atoms with Gasteiger partial charge in [0.05, 0.1) is 5.69 Å². The lowest BCUT2D eigenvalue weighted by Gasteiger charge is -2.13. The Morgan fingerprint density at radius 1 is 1.30 bits per heavy atom. The van der Waals surface area contributed by atoms with Crippen LogP contribution in [0.15, 0.2) is 34.9 Å². The summed E-state index contributed by atoms with van der Waals surface area (Å²) in [5.41, 5.74) is 3.68. The van der Waals surface area contributed by atoms with E-state index in [9.17, 15) is 0 Å². The van der Waals surface area contributed by atoms with Crippen LogP contribution in [0, 0.1) is 19.8 Å². The van der Waals surface area contributed by atoms with Gasteiger partial charge in [0.25, 0.3) is 0 Å². The molecule has 0 saturated heterocycles. The van der Waals surface area contributed by atoms with E-state index in [2.05, 4.69) is 47.7 Å². The Morgan fingerprint density at radius 2 is 2.05 bits per heavy atom. The van der Waals surface area contributed by atoms with Crippen molar-refractivity contribution in [2.75, 3.05) is 0 Å². The number of nitrogens with one attached hydrogen (secondary N) is 1. The fraction of sp³-hybridized carbons (Fsp3) is 0.471. The highest BCUT2D eigenvalue weighted by atomic mass is 16.5. The van der Waals surface area contributed by atoms with E-state index in [0.717, 1.165) is 29.8 Å². The molecule has 1 aromatic heterocycles. The highest BCUT2D eigenvalue weighted by Crippen LogP contribution is 2.49. The van der Waals surface area contributed by atoms with Crippen molar-refractivity contribution in [3.8, 4) is 0 Å². The van der Waals surface area contributed by atoms with E-state index in [1.54, 1.807) is 0 Å². The molecule has 0 bridgehead atoms. The number of hydrogen-bond acceptors (Lipinski definition) is 3. The van der Waals surface area contributed by atoms with Crippen molar-refractivity contribution in [3.05, 3.63) is 52.9 Å². The summed E-state index contributed by atoms with van der Waals surface area (Å²) in [5, 5.41) is 7.63. The van der Waals surface area contributed by atoms with Crippen molar-refractivity contribution in [1.82, 2.24) is 10.5 Å². The topological polar surface area (TPSA) is 38.1 Å². The first-order valence-electron chi connectivity index (χ1n) is 7.37. The largest absolute Gasteiger partial charge is 0.361 e. The highest BCUT2D eigenvalue weighted by Gasteiger charge is 2.41. The monoisotopic (exact) mass is 270 g/mol. The van der Waals surface area contributed by atoms with Gasteiger partial charge in [0.2, 0.25) is 0 Å². The van der Waals surface area contributed by atoms with Crippen LogP contribution in [0.2, 0.25) is 0 Å². The van der Waals surface area contributed by atoms with Gasteiger partial charge in [-0.15, -0.1) is 0 Å². The number of rotatable bonds is 5. The third kappa shape index (κ3) is 2.63. The third-order valence-electron chi connectivity index (χ3n) is 4.49. The Labute approximate surface area is 120 Å². The van der Waals surface area contributed by atoms with Gasteiger partial charge in [0.1, 0.15) is 5.76 Å². The summed E-state index contributed by atoms with van der Waals surface area (Å²) in [6.45, 7) is 7.11. The lowest BCUT2D eigenvalue weighted by molar-refractivity contribution is 0.391. The smallest absolute Gasteiger partial charge is 0.138 e. The van der Waals surface area contributed by atoms with Gasteiger partial charge in [-0.2, -0.15) is 0 Å². The van der Waals surface area contributed by atoms with Crippen molar-refractivity contribution in [2.45, 2.75) is 45.7 Å². The van der Waals surface area contributed by atoms with E-state index in [0.29, 0.717) is 6.04 Å². The summed E-state index contributed by atoms with van der Waals surface area (Å²) >= 11 is 0. The summed E-state index contributed by atoms with van der Waals surface area (Å²) < 4.78 is 5.20. The van der Waals surface area contributed by atoms with E-state index in [4.69, 9.17) is 4.52 Å². The second kappa shape index (κ2) is 5.41. The van der Waals surface area contributed by atoms with Gasteiger partial charge in [-0.3, -0.25) is 0 Å². The lowest BCUT2D eigenvalue weighted by atomic mass is 10.1. The van der Waals surface area contributed by atoms with Crippen molar-refractivity contribution in [2.24, 2.45) is 5.92 Å². The van der Waals surface area contributed by atoms with E-state index in [1.807, 2.05) is 13.8 Å². The predicted octanol–water partition coefficient (Wildman–Crippen LogP) is 3.57. The molecule has 1 fully saturated rings. The first kappa shape index (κ1) is 13.4. The zero-order valence-corrected chi connectivity index (χ0v) is 12.4. The summed E-state index contributed by atoms with van der Waals surface area (Å²) in [6.07, 6.45) is 1.29. The molecule has 106 valence electrons. The van der Waals surface area contributed by atoms with Gasteiger partial charge in [0.15, 0.2) is 0 Å². The number of hydrogen-bond donors (Lipinski definition) is 1. The van der Waals surface area contributed by atoms with Crippen LogP contribution in [0.1, 0.15) is 41.8 Å². The molecule has 3 atom stereocenters. The van der Waals surface area contributed by atoms with E-state index >= 15 is 0 Å². The van der Waals surface area contributed by atoms with E-state index in [1.165, 1.54) is 17.5 Å². The molecule has 20 heavy (non-hydrogen) atoms. The molecule has 1 aliphatic carbocycles. The minimum absolute atomic E-state index is 0.522. The molecule has 1 heterocycles. The molecule has 3 nitrogen and oxygen atoms in total. The molecule has 0 amide bonds. The Kier molecular flexibility index (Phi) is 3.62. The molecule has 0 radical (unpaired) electrons. The Morgan fingerprint density at radius 3 is 2.70 bits per heavy atom. The Bertz CT molecular complexity index is 556. The summed E-state index contributed by atoms with van der Waals surface area (Å²) in [6, 6.07) is 11.4. The molecule has 1 N–H and O–H groups in total. The van der Waals surface area contributed by atoms with Crippen LogP contribution in [-0.4, -0.2) is 11.2 Å². The van der Waals surface area contributed by atoms with Crippen LogP contribution < -0.4 is 5.32 Å². The Hall–Kier alpha value is -1.61. The average molecular weight is 270 g/mol. The first-order valence-corrected chi connectivity index (χ1v) is 7.37. The van der Waals surface area contributed by atoms with Crippen LogP contribution in [0.5, 0.6) is 0 Å². The zero-order valence-electron chi connectivity index (χ0n) is 12.4. The van der Waals surface area contributed by atoms with Gasteiger partial charge in [-0.25, -0.2) is 0 Å². The second-order valence-electron chi connectivity index (χ2n) is 5.89. The van der Waals surface area contributed by atoms with Gasteiger partial charge < -0.3 is 9.84 Å². The molecule has 1 aliphatic rings. The standard InChI is InChI=1S/C17H22N2O/c1-11(18-10-17-12(2)19-20-13(17)3)15-9-16(15)14-7-5-4-6-8-14/h4-8,11,15-16,18H,9-10H2,1-3H3. The van der Waals surface area contributed by atoms with Gasteiger partial charge in [0, 0.05) is 18.2 Å². The zero-order chi connectivity index (χ0) is 14.1. The van der Waals surface area contributed by atoms with Crippen molar-refractivity contribution < 1.29 is 4.52 Å². The maximum Gasteiger partial charge on any atom is 0.138 e. The maximum atomic E-state index is 5.20. The maximum absolute atomic E-state index is 5.20. The molecule has 1 aromatic carbocycles. The summed E-state index contributed by atoms with van der Waals surface area (Å²) in [4.78, 5) is 0. The van der Waals surface area contributed by atoms with Crippen LogP contribution in [-0.2, 0) is 6.54 Å². The molecule has 0 aliphatic heterocycles. The molecule has 0 spiro atoms. The lowest BCUT2D eigenvalue weighted by Crippen LogP contribution is -2.28. The quantitative estimate of drug-likeness (QED) is 0.902. The van der Waals surface area contributed by atoms with Crippen LogP contribution in [0.3, 0.4) is 0 Å². The minimum atomic E-state index is 0.522. The second-order valence-corrected chi connectivity index (χ2v) is 5.89. The number of aryl methyl sites for hydroxylation is 2. The highest BCUT2D eigenvalue weighted by molar-refractivity contribution is 5.27. The fourth-order valence-corrected chi connectivity index (χ4v) is 3.02. The van der Waals surface area contributed by atoms with E-state index < -0.39 is 0 Å². The molecular formula is C17H22N2O. The average Bonchev–Trinajstić information content (AvgIpc) is 3.20. The van der Waals surface area contributed by atoms with Gasteiger partial charge >= 0.3 is 0 Å². The predicted molar refractivity (Wildman–Crippen MR) is 79.6 cm³/mol. The molecule has 3 heteroatoms. The molecule has 3 unspecified atom stereocenters. The van der Waals surface area contributed by atoms with Gasteiger partial charge in [-0.05, 0) is 44.6 Å². The number of nitrogens with zero attached hydrogens (tertiary/aromatic N) is 1. The summed E-state index contributed by atoms with van der Waals surface area (Å²) in [7, 11) is 0. The number of benzene rings is 1. The SMILES string of the molecule is Cc1noc(C)c1CNC(C)C1CC1c1ccccc1. The number of aromatic nitrogens is 1. The van der Waals surface area contributed by atoms with Crippen molar-refractivity contribution >= 4 is 0 Å². The van der Waals surface area contributed by atoms with Crippen LogP contribution >= 0.6 is 0 Å². The van der Waals surface area contributed by atoms with Crippen molar-refractivity contribution in [3.63, 3.8) is 0 Å². The molecule has 3 rings (SSSR count). The fourth-order valence-electron chi connectivity index (χ4n) is 3.02. The normalized spacial score (nSPS) is 22.8. The van der Waals surface area contributed by atoms with Gasteiger partial charge in [-0.1, -0.05) is 35.5 Å². The van der Waals surface area contributed by atoms with Crippen LogP contribution in [0.4, 0.5) is 0 Å². The Balaban J connectivity index is 1.55. The summed E-state index contributed by atoms with van der Waals surface area (Å²) in [5.74, 6) is 2.40. The van der Waals surface area contributed by atoms with E-state index in [-0.39, 0.29) is 0 Å². The molecule has 2 aromatic rings. The molecule has 1 saturated carbocycles. The first-order chi connectivity index (χ1) is 9.66. The third-order valence-corrected chi connectivity index (χ3v) is 4.49. The van der Waals surface area contributed by atoms with Crippen molar-refractivity contribution in [1.29, 1.82) is 0 Å². The van der Waals surface area contributed by atoms with Crippen LogP contribution in [0.25, 0.3) is 0 Å². The minimum Gasteiger partial charge on any atom is -0.361 e.